The van der Waals surface area contributed by atoms with E-state index < -0.39 is 18.1 Å². The molecule has 0 fully saturated rings. The summed E-state index contributed by atoms with van der Waals surface area (Å²) in [6, 6.07) is 3.19. The Kier molecular flexibility index (Phi) is 7.10. The molecule has 122 valence electrons. The number of ether oxygens (including phenoxy) is 3. The third-order valence-corrected chi connectivity index (χ3v) is 3.30. The number of carbonyl (C=O) groups is 2. The quantitative estimate of drug-likeness (QED) is 0.607. The third kappa shape index (κ3) is 4.87. The van der Waals surface area contributed by atoms with Crippen LogP contribution in [0.5, 0.6) is 5.75 Å². The lowest BCUT2D eigenvalue weighted by molar-refractivity contribution is -0.139. The van der Waals surface area contributed by atoms with E-state index in [1.54, 1.807) is 19.1 Å². The second kappa shape index (κ2) is 8.57. The molecule has 0 aliphatic heterocycles. The van der Waals surface area contributed by atoms with Crippen LogP contribution in [0.3, 0.4) is 0 Å². The highest BCUT2D eigenvalue weighted by Crippen LogP contribution is 2.30. The molecule has 0 bridgehead atoms. The summed E-state index contributed by atoms with van der Waals surface area (Å²) in [5.74, 6) is -1.27. The molecule has 0 aromatic heterocycles. The SMILES string of the molecule is COc1cc(Cl)c(C)cc1NC(=O)C(=O)NCC(OC)OC. The minimum absolute atomic E-state index is 0.0516. The molecule has 7 nitrogen and oxygen atoms in total. The number of rotatable bonds is 6. The van der Waals surface area contributed by atoms with Gasteiger partial charge in [-0.15, -0.1) is 0 Å². The summed E-state index contributed by atoms with van der Waals surface area (Å²) in [7, 11) is 4.31. The van der Waals surface area contributed by atoms with Crippen LogP contribution in [-0.2, 0) is 19.1 Å². The van der Waals surface area contributed by atoms with E-state index in [0.29, 0.717) is 16.5 Å². The molecule has 1 rings (SSSR count). The molecule has 0 atom stereocenters. The molecule has 0 radical (unpaired) electrons. The van der Waals surface area contributed by atoms with E-state index in [-0.39, 0.29) is 6.54 Å². The predicted molar refractivity (Wildman–Crippen MR) is 82.2 cm³/mol. The molecule has 0 spiro atoms. The average molecular weight is 331 g/mol. The first-order valence-electron chi connectivity index (χ1n) is 6.41. The van der Waals surface area contributed by atoms with Crippen molar-refractivity contribution in [1.82, 2.24) is 5.32 Å². The first kappa shape index (κ1) is 18.2. The number of hydrogen-bond donors (Lipinski definition) is 2. The molecule has 0 aliphatic rings. The second-order valence-corrected chi connectivity index (χ2v) is 4.77. The minimum Gasteiger partial charge on any atom is -0.495 e. The van der Waals surface area contributed by atoms with Crippen molar-refractivity contribution in [3.8, 4) is 5.75 Å². The van der Waals surface area contributed by atoms with E-state index in [0.717, 1.165) is 5.56 Å². The Hall–Kier alpha value is -1.83. The molecular formula is C14H19ClN2O5. The summed E-state index contributed by atoms with van der Waals surface area (Å²) in [5, 5.41) is 5.38. The Morgan fingerprint density at radius 1 is 1.18 bits per heavy atom. The molecule has 0 saturated heterocycles. The summed E-state index contributed by atoms with van der Waals surface area (Å²) in [4.78, 5) is 23.6. The van der Waals surface area contributed by atoms with E-state index in [9.17, 15) is 9.59 Å². The smallest absolute Gasteiger partial charge is 0.313 e. The summed E-state index contributed by atoms with van der Waals surface area (Å²) in [6.45, 7) is 1.83. The fraction of sp³-hybridized carbons (Fsp3) is 0.429. The number of halogens is 1. The highest BCUT2D eigenvalue weighted by molar-refractivity contribution is 6.40. The lowest BCUT2D eigenvalue weighted by atomic mass is 10.2. The van der Waals surface area contributed by atoms with Crippen molar-refractivity contribution in [3.05, 3.63) is 22.7 Å². The molecule has 0 saturated carbocycles. The number of nitrogens with one attached hydrogen (secondary N) is 2. The van der Waals surface area contributed by atoms with Crippen LogP contribution in [0.4, 0.5) is 5.69 Å². The summed E-state index contributed by atoms with van der Waals surface area (Å²) < 4.78 is 14.9. The Bertz CT molecular complexity index is 546. The molecule has 0 aliphatic carbocycles. The standard InChI is InChI=1S/C14H19ClN2O5/c1-8-5-10(11(20-2)6-9(8)15)17-14(19)13(18)16-7-12(21-3)22-4/h5-6,12H,7H2,1-4H3,(H,16,18)(H,17,19). The third-order valence-electron chi connectivity index (χ3n) is 2.89. The van der Waals surface area contributed by atoms with Crippen molar-refractivity contribution in [3.63, 3.8) is 0 Å². The van der Waals surface area contributed by atoms with Crippen molar-refractivity contribution in [2.75, 3.05) is 33.2 Å². The van der Waals surface area contributed by atoms with Gasteiger partial charge in [0.2, 0.25) is 0 Å². The molecule has 22 heavy (non-hydrogen) atoms. The largest absolute Gasteiger partial charge is 0.495 e. The lowest BCUT2D eigenvalue weighted by Crippen LogP contribution is -2.40. The van der Waals surface area contributed by atoms with Gasteiger partial charge in [0.25, 0.3) is 0 Å². The van der Waals surface area contributed by atoms with Crippen LogP contribution in [0.2, 0.25) is 5.02 Å². The van der Waals surface area contributed by atoms with E-state index in [4.69, 9.17) is 25.8 Å². The van der Waals surface area contributed by atoms with Crippen molar-refractivity contribution >= 4 is 29.1 Å². The van der Waals surface area contributed by atoms with Crippen LogP contribution in [0.25, 0.3) is 0 Å². The van der Waals surface area contributed by atoms with Crippen LogP contribution >= 0.6 is 11.6 Å². The lowest BCUT2D eigenvalue weighted by Gasteiger charge is -2.15. The highest BCUT2D eigenvalue weighted by Gasteiger charge is 2.18. The average Bonchev–Trinajstić information content (AvgIpc) is 2.51. The highest BCUT2D eigenvalue weighted by atomic mass is 35.5. The summed E-state index contributed by atoms with van der Waals surface area (Å²) >= 11 is 5.98. The van der Waals surface area contributed by atoms with Crippen LogP contribution < -0.4 is 15.4 Å². The van der Waals surface area contributed by atoms with Gasteiger partial charge in [-0.1, -0.05) is 11.6 Å². The second-order valence-electron chi connectivity index (χ2n) is 4.37. The maximum atomic E-state index is 11.9. The van der Waals surface area contributed by atoms with Gasteiger partial charge in [0, 0.05) is 25.3 Å². The van der Waals surface area contributed by atoms with E-state index in [2.05, 4.69) is 10.6 Å². The topological polar surface area (TPSA) is 85.9 Å². The maximum Gasteiger partial charge on any atom is 0.313 e. The van der Waals surface area contributed by atoms with Gasteiger partial charge in [-0.25, -0.2) is 0 Å². The van der Waals surface area contributed by atoms with E-state index in [1.807, 2.05) is 0 Å². The van der Waals surface area contributed by atoms with Gasteiger partial charge in [0.1, 0.15) is 5.75 Å². The normalized spacial score (nSPS) is 10.5. The number of aryl methyl sites for hydroxylation is 1. The Morgan fingerprint density at radius 3 is 2.36 bits per heavy atom. The molecule has 1 aromatic rings. The summed E-state index contributed by atoms with van der Waals surface area (Å²) in [6.07, 6.45) is -0.621. The number of benzene rings is 1. The Balaban J connectivity index is 2.72. The van der Waals surface area contributed by atoms with Crippen molar-refractivity contribution < 1.29 is 23.8 Å². The van der Waals surface area contributed by atoms with Gasteiger partial charge >= 0.3 is 11.8 Å². The first-order valence-corrected chi connectivity index (χ1v) is 6.79. The zero-order chi connectivity index (χ0) is 16.7. The van der Waals surface area contributed by atoms with Gasteiger partial charge in [-0.05, 0) is 18.6 Å². The van der Waals surface area contributed by atoms with Gasteiger partial charge in [-0.2, -0.15) is 0 Å². The van der Waals surface area contributed by atoms with Crippen LogP contribution in [0, 0.1) is 6.92 Å². The zero-order valence-electron chi connectivity index (χ0n) is 12.9. The van der Waals surface area contributed by atoms with Crippen molar-refractivity contribution in [2.24, 2.45) is 0 Å². The van der Waals surface area contributed by atoms with Gasteiger partial charge < -0.3 is 24.8 Å². The molecular weight excluding hydrogens is 312 g/mol. The first-order chi connectivity index (χ1) is 10.4. The number of hydrogen-bond acceptors (Lipinski definition) is 5. The fourth-order valence-corrected chi connectivity index (χ4v) is 1.78. The van der Waals surface area contributed by atoms with Crippen molar-refractivity contribution in [1.29, 1.82) is 0 Å². The molecule has 0 heterocycles. The molecule has 2 N–H and O–H groups in total. The monoisotopic (exact) mass is 330 g/mol. The van der Waals surface area contributed by atoms with Gasteiger partial charge in [0.15, 0.2) is 6.29 Å². The molecule has 8 heteroatoms. The minimum atomic E-state index is -0.828. The van der Waals surface area contributed by atoms with Crippen molar-refractivity contribution in [2.45, 2.75) is 13.2 Å². The fourth-order valence-electron chi connectivity index (χ4n) is 1.63. The predicted octanol–water partition coefficient (Wildman–Crippen LogP) is 1.33. The summed E-state index contributed by atoms with van der Waals surface area (Å²) in [5.41, 5.74) is 1.11. The van der Waals surface area contributed by atoms with Crippen LogP contribution in [0.1, 0.15) is 5.56 Å². The zero-order valence-corrected chi connectivity index (χ0v) is 13.6. The number of methoxy groups -OCH3 is 3. The maximum absolute atomic E-state index is 11.9. The number of amides is 2. The van der Waals surface area contributed by atoms with E-state index in [1.165, 1.54) is 21.3 Å². The van der Waals surface area contributed by atoms with Gasteiger partial charge in [0.05, 0.1) is 19.3 Å². The Morgan fingerprint density at radius 2 is 1.82 bits per heavy atom. The Labute approximate surface area is 133 Å². The van der Waals surface area contributed by atoms with Crippen LogP contribution in [0.15, 0.2) is 12.1 Å². The molecule has 0 unspecified atom stereocenters. The van der Waals surface area contributed by atoms with Crippen LogP contribution in [-0.4, -0.2) is 46.0 Å². The molecule has 1 aromatic carbocycles. The number of carbonyl (C=O) groups excluding carboxylic acids is 2. The van der Waals surface area contributed by atoms with Gasteiger partial charge in [-0.3, -0.25) is 9.59 Å². The molecule has 2 amide bonds. The number of anilines is 1. The van der Waals surface area contributed by atoms with E-state index >= 15 is 0 Å².